The molecule has 1 amide bonds. The van der Waals surface area contributed by atoms with Gasteiger partial charge in [-0.25, -0.2) is 0 Å². The SMILES string of the molecule is C=CC1=C(C=C)C2(CNC2)C(=O)N1CC(C)=NC1=C(C)CCC1. The lowest BCUT2D eigenvalue weighted by Gasteiger charge is -2.39. The largest absolute Gasteiger partial charge is 0.314 e. The van der Waals surface area contributed by atoms with Gasteiger partial charge in [0.25, 0.3) is 0 Å². The number of hydrogen-bond acceptors (Lipinski definition) is 3. The van der Waals surface area contributed by atoms with E-state index in [1.54, 1.807) is 6.08 Å². The zero-order valence-corrected chi connectivity index (χ0v) is 14.1. The van der Waals surface area contributed by atoms with Gasteiger partial charge < -0.3 is 10.2 Å². The van der Waals surface area contributed by atoms with Crippen molar-refractivity contribution in [1.82, 2.24) is 10.2 Å². The molecule has 4 heteroatoms. The Balaban J connectivity index is 1.87. The number of amides is 1. The minimum atomic E-state index is -0.436. The Hall–Kier alpha value is -1.94. The van der Waals surface area contributed by atoms with E-state index in [9.17, 15) is 4.79 Å². The van der Waals surface area contributed by atoms with E-state index in [1.165, 1.54) is 17.7 Å². The molecule has 2 aliphatic heterocycles. The van der Waals surface area contributed by atoms with Gasteiger partial charge in [-0.2, -0.15) is 0 Å². The van der Waals surface area contributed by atoms with E-state index >= 15 is 0 Å². The Kier molecular flexibility index (Phi) is 4.11. The minimum Gasteiger partial charge on any atom is -0.314 e. The lowest BCUT2D eigenvalue weighted by Crippen LogP contribution is -2.59. The highest BCUT2D eigenvalue weighted by Crippen LogP contribution is 2.44. The topological polar surface area (TPSA) is 44.7 Å². The summed E-state index contributed by atoms with van der Waals surface area (Å²) in [5.41, 5.74) is 5.00. The smallest absolute Gasteiger partial charge is 0.240 e. The minimum absolute atomic E-state index is 0.146. The molecule has 23 heavy (non-hydrogen) atoms. The van der Waals surface area contributed by atoms with Crippen molar-refractivity contribution in [2.45, 2.75) is 33.1 Å². The molecule has 0 aromatic carbocycles. The second kappa shape index (κ2) is 5.93. The van der Waals surface area contributed by atoms with Crippen molar-refractivity contribution < 1.29 is 4.79 Å². The maximum atomic E-state index is 13.0. The van der Waals surface area contributed by atoms with Gasteiger partial charge in [0.15, 0.2) is 0 Å². The first-order valence-electron chi connectivity index (χ1n) is 8.28. The van der Waals surface area contributed by atoms with E-state index < -0.39 is 5.41 Å². The molecule has 1 spiro atoms. The molecule has 1 saturated heterocycles. The van der Waals surface area contributed by atoms with Crippen LogP contribution in [0.2, 0.25) is 0 Å². The Labute approximate surface area is 138 Å². The van der Waals surface area contributed by atoms with Crippen LogP contribution in [-0.2, 0) is 4.79 Å². The van der Waals surface area contributed by atoms with Gasteiger partial charge in [-0.1, -0.05) is 24.8 Å². The van der Waals surface area contributed by atoms with Crippen LogP contribution in [0.3, 0.4) is 0 Å². The fourth-order valence-electron chi connectivity index (χ4n) is 3.79. The summed E-state index contributed by atoms with van der Waals surface area (Å²) in [5.74, 6) is 0.146. The predicted octanol–water partition coefficient (Wildman–Crippen LogP) is 2.96. The second-order valence-corrected chi connectivity index (χ2v) is 6.71. The number of nitrogens with zero attached hydrogens (tertiary/aromatic N) is 2. The zero-order chi connectivity index (χ0) is 16.6. The maximum absolute atomic E-state index is 13.0. The van der Waals surface area contributed by atoms with Crippen molar-refractivity contribution in [2.24, 2.45) is 10.4 Å². The predicted molar refractivity (Wildman–Crippen MR) is 94.1 cm³/mol. The normalized spacial score (nSPS) is 23.8. The molecule has 122 valence electrons. The molecule has 0 aromatic rings. The first-order chi connectivity index (χ1) is 11.0. The number of aliphatic imine (C=N–C) groups is 1. The van der Waals surface area contributed by atoms with Crippen LogP contribution in [0.5, 0.6) is 0 Å². The molecular formula is C19H25N3O. The highest BCUT2D eigenvalue weighted by Gasteiger charge is 2.54. The van der Waals surface area contributed by atoms with Crippen LogP contribution in [0.1, 0.15) is 33.1 Å². The number of hydrogen-bond donors (Lipinski definition) is 1. The fourth-order valence-corrected chi connectivity index (χ4v) is 3.79. The molecule has 0 atom stereocenters. The molecule has 3 aliphatic rings. The lowest BCUT2D eigenvalue weighted by molar-refractivity contribution is -0.136. The van der Waals surface area contributed by atoms with Crippen LogP contribution < -0.4 is 5.32 Å². The zero-order valence-electron chi connectivity index (χ0n) is 14.1. The van der Waals surface area contributed by atoms with Gasteiger partial charge in [0, 0.05) is 30.2 Å². The van der Waals surface area contributed by atoms with Crippen LogP contribution in [-0.4, -0.2) is 36.2 Å². The number of carbonyl (C=O) groups excluding carboxylic acids is 1. The van der Waals surface area contributed by atoms with Gasteiger partial charge in [0.1, 0.15) is 5.41 Å². The summed E-state index contributed by atoms with van der Waals surface area (Å²) in [6.45, 7) is 13.9. The van der Waals surface area contributed by atoms with Crippen molar-refractivity contribution in [3.63, 3.8) is 0 Å². The van der Waals surface area contributed by atoms with Gasteiger partial charge in [-0.05, 0) is 44.8 Å². The molecule has 0 bridgehead atoms. The van der Waals surface area contributed by atoms with Gasteiger partial charge in [0.05, 0.1) is 6.54 Å². The molecule has 1 aliphatic carbocycles. The van der Waals surface area contributed by atoms with Crippen molar-refractivity contribution in [3.8, 4) is 0 Å². The average Bonchev–Trinajstić information content (AvgIpc) is 2.98. The Morgan fingerprint density at radius 2 is 2.09 bits per heavy atom. The van der Waals surface area contributed by atoms with E-state index in [2.05, 4.69) is 25.4 Å². The van der Waals surface area contributed by atoms with Crippen LogP contribution in [0.15, 0.2) is 52.8 Å². The van der Waals surface area contributed by atoms with Crippen LogP contribution in [0.25, 0.3) is 0 Å². The first-order valence-corrected chi connectivity index (χ1v) is 8.28. The summed E-state index contributed by atoms with van der Waals surface area (Å²) in [5, 5.41) is 3.22. The monoisotopic (exact) mass is 311 g/mol. The summed E-state index contributed by atoms with van der Waals surface area (Å²) in [6.07, 6.45) is 6.96. The number of nitrogens with one attached hydrogen (secondary N) is 1. The van der Waals surface area contributed by atoms with E-state index in [-0.39, 0.29) is 5.91 Å². The van der Waals surface area contributed by atoms with Crippen molar-refractivity contribution in [3.05, 3.63) is 47.9 Å². The third-order valence-electron chi connectivity index (χ3n) is 5.16. The quantitative estimate of drug-likeness (QED) is 0.793. The summed E-state index contributed by atoms with van der Waals surface area (Å²) < 4.78 is 0. The maximum Gasteiger partial charge on any atom is 0.240 e. The Bertz CT molecular complexity index is 662. The van der Waals surface area contributed by atoms with E-state index in [1.807, 2.05) is 17.9 Å². The van der Waals surface area contributed by atoms with Gasteiger partial charge in [-0.15, -0.1) is 0 Å². The van der Waals surface area contributed by atoms with Crippen LogP contribution in [0, 0.1) is 5.41 Å². The lowest BCUT2D eigenvalue weighted by atomic mass is 9.75. The van der Waals surface area contributed by atoms with Crippen LogP contribution >= 0.6 is 0 Å². The van der Waals surface area contributed by atoms with Gasteiger partial charge in [-0.3, -0.25) is 9.79 Å². The molecule has 1 fully saturated rings. The summed E-state index contributed by atoms with van der Waals surface area (Å²) in [7, 11) is 0. The number of allylic oxidation sites excluding steroid dienone is 4. The molecule has 2 heterocycles. The molecule has 0 unspecified atom stereocenters. The average molecular weight is 311 g/mol. The Morgan fingerprint density at radius 3 is 2.57 bits per heavy atom. The Morgan fingerprint density at radius 1 is 1.35 bits per heavy atom. The van der Waals surface area contributed by atoms with Crippen molar-refractivity contribution >= 4 is 11.6 Å². The highest BCUT2D eigenvalue weighted by atomic mass is 16.2. The molecule has 0 radical (unpaired) electrons. The third kappa shape index (κ3) is 2.41. The highest BCUT2D eigenvalue weighted by molar-refractivity contribution is 5.98. The molecule has 3 rings (SSSR count). The summed E-state index contributed by atoms with van der Waals surface area (Å²) in [4.78, 5) is 19.6. The molecule has 4 nitrogen and oxygen atoms in total. The number of rotatable bonds is 5. The van der Waals surface area contributed by atoms with Gasteiger partial charge >= 0.3 is 0 Å². The fraction of sp³-hybridized carbons (Fsp3) is 0.474. The molecule has 0 saturated carbocycles. The van der Waals surface area contributed by atoms with Crippen molar-refractivity contribution in [1.29, 1.82) is 0 Å². The third-order valence-corrected chi connectivity index (χ3v) is 5.16. The van der Waals surface area contributed by atoms with E-state index in [0.29, 0.717) is 19.6 Å². The van der Waals surface area contributed by atoms with E-state index in [4.69, 9.17) is 4.99 Å². The molecule has 0 aromatic heterocycles. The van der Waals surface area contributed by atoms with E-state index in [0.717, 1.165) is 29.8 Å². The first kappa shape index (κ1) is 15.9. The van der Waals surface area contributed by atoms with Crippen LogP contribution in [0.4, 0.5) is 0 Å². The van der Waals surface area contributed by atoms with Crippen molar-refractivity contribution in [2.75, 3.05) is 19.6 Å². The molecule has 1 N–H and O–H groups in total. The molecular weight excluding hydrogens is 286 g/mol. The standard InChI is InChI=1S/C19H25N3O/c1-5-15-17(6-2)22(18(23)19(15)11-20-12-19)10-14(4)21-16-9-7-8-13(16)3/h5-6,20H,1-2,7-12H2,3-4H3. The number of carbonyl (C=O) groups is 1. The second-order valence-electron chi connectivity index (χ2n) is 6.71. The summed E-state index contributed by atoms with van der Waals surface area (Å²) in [6, 6.07) is 0. The van der Waals surface area contributed by atoms with Gasteiger partial charge in [0.2, 0.25) is 5.91 Å². The summed E-state index contributed by atoms with van der Waals surface area (Å²) >= 11 is 0.